The summed E-state index contributed by atoms with van der Waals surface area (Å²) in [6.07, 6.45) is 0. The van der Waals surface area contributed by atoms with Gasteiger partial charge in [-0.3, -0.25) is 10.1 Å². The van der Waals surface area contributed by atoms with E-state index in [1.165, 1.54) is 0 Å². The highest BCUT2D eigenvalue weighted by Gasteiger charge is 2.24. The smallest absolute Gasteiger partial charge is 0.338 e. The van der Waals surface area contributed by atoms with Crippen LogP contribution in [0.25, 0.3) is 0 Å². The van der Waals surface area contributed by atoms with Crippen molar-refractivity contribution in [3.63, 3.8) is 0 Å². The first kappa shape index (κ1) is 13.9. The molecule has 18 heavy (non-hydrogen) atoms. The molecular weight excluding hydrogens is 243 g/mol. The van der Waals surface area contributed by atoms with Gasteiger partial charge in [0.15, 0.2) is 0 Å². The number of nitro groups is 1. The second-order valence-corrected chi connectivity index (χ2v) is 4.79. The molecule has 1 aromatic rings. The molecule has 0 saturated carbocycles. The minimum Gasteiger partial charge on any atom is -0.478 e. The molecule has 0 fully saturated rings. The molecule has 1 rings (SSSR count). The monoisotopic (exact) mass is 256 g/mol. The molecule has 0 heterocycles. The summed E-state index contributed by atoms with van der Waals surface area (Å²) in [4.78, 5) is 20.8. The predicted octanol–water partition coefficient (Wildman–Crippen LogP) is 2.64. The van der Waals surface area contributed by atoms with Crippen LogP contribution >= 0.6 is 0 Å². The molecule has 0 aromatic heterocycles. The highest BCUT2D eigenvalue weighted by molar-refractivity contribution is 5.90. The van der Waals surface area contributed by atoms with Crippen molar-refractivity contribution in [1.29, 1.82) is 0 Å². The highest BCUT2D eigenvalue weighted by atomic mass is 19.1. The molecule has 0 aliphatic heterocycles. The second kappa shape index (κ2) is 4.59. The molecule has 0 spiro atoms. The molecule has 0 amide bonds. The van der Waals surface area contributed by atoms with Crippen LogP contribution in [0.2, 0.25) is 0 Å². The van der Waals surface area contributed by atoms with Gasteiger partial charge in [0.05, 0.1) is 16.6 Å². The average Bonchev–Trinajstić information content (AvgIpc) is 2.17. The molecule has 0 aliphatic carbocycles. The molecule has 0 unspecified atom stereocenters. The van der Waals surface area contributed by atoms with Crippen molar-refractivity contribution < 1.29 is 19.2 Å². The molecular formula is C11H13FN2O4. The Morgan fingerprint density at radius 3 is 2.39 bits per heavy atom. The van der Waals surface area contributed by atoms with Crippen molar-refractivity contribution in [1.82, 2.24) is 0 Å². The third kappa shape index (κ3) is 3.16. The van der Waals surface area contributed by atoms with Gasteiger partial charge in [-0.1, -0.05) is 0 Å². The van der Waals surface area contributed by atoms with Crippen LogP contribution in [0.15, 0.2) is 12.1 Å². The van der Waals surface area contributed by atoms with Crippen LogP contribution in [-0.4, -0.2) is 21.5 Å². The van der Waals surface area contributed by atoms with Crippen LogP contribution in [0.3, 0.4) is 0 Å². The summed E-state index contributed by atoms with van der Waals surface area (Å²) in [5.74, 6) is -2.60. The van der Waals surface area contributed by atoms with Gasteiger partial charge in [-0.05, 0) is 26.8 Å². The first-order chi connectivity index (χ1) is 8.11. The van der Waals surface area contributed by atoms with Gasteiger partial charge in [-0.15, -0.1) is 0 Å². The molecule has 0 saturated heterocycles. The van der Waals surface area contributed by atoms with E-state index in [-0.39, 0.29) is 5.69 Å². The molecule has 7 heteroatoms. The van der Waals surface area contributed by atoms with E-state index in [0.29, 0.717) is 6.07 Å². The minimum absolute atomic E-state index is 0.0219. The van der Waals surface area contributed by atoms with Crippen LogP contribution < -0.4 is 5.32 Å². The Morgan fingerprint density at radius 2 is 2.00 bits per heavy atom. The molecule has 2 N–H and O–H groups in total. The number of hydrogen-bond donors (Lipinski definition) is 2. The highest BCUT2D eigenvalue weighted by Crippen LogP contribution is 2.30. The Balaban J connectivity index is 3.40. The lowest BCUT2D eigenvalue weighted by atomic mass is 10.1. The molecule has 0 aliphatic rings. The average molecular weight is 256 g/mol. The van der Waals surface area contributed by atoms with Crippen LogP contribution in [0, 0.1) is 15.9 Å². The van der Waals surface area contributed by atoms with Crippen molar-refractivity contribution in [3.8, 4) is 0 Å². The zero-order valence-corrected chi connectivity index (χ0v) is 10.2. The van der Waals surface area contributed by atoms with E-state index in [2.05, 4.69) is 5.32 Å². The SMILES string of the molecule is CC(C)(C)Nc1cc(C(=O)O)c(F)cc1[N+](=O)[O-]. The van der Waals surface area contributed by atoms with Crippen LogP contribution in [0.1, 0.15) is 31.1 Å². The fourth-order valence-electron chi connectivity index (χ4n) is 1.38. The van der Waals surface area contributed by atoms with Crippen molar-refractivity contribution >= 4 is 17.3 Å². The Kier molecular flexibility index (Phi) is 3.54. The number of benzene rings is 1. The minimum atomic E-state index is -1.47. The number of aromatic carboxylic acids is 1. The molecule has 0 radical (unpaired) electrons. The maximum absolute atomic E-state index is 13.4. The van der Waals surface area contributed by atoms with Gasteiger partial charge in [-0.2, -0.15) is 0 Å². The molecule has 0 bridgehead atoms. The lowest BCUT2D eigenvalue weighted by Crippen LogP contribution is -2.26. The number of carbonyl (C=O) groups is 1. The first-order valence-electron chi connectivity index (χ1n) is 5.11. The fraction of sp³-hybridized carbons (Fsp3) is 0.364. The Bertz CT molecular complexity index is 509. The number of hydrogen-bond acceptors (Lipinski definition) is 4. The van der Waals surface area contributed by atoms with Gasteiger partial charge in [-0.25, -0.2) is 9.18 Å². The number of carboxylic acid groups (broad SMARTS) is 1. The fourth-order valence-corrected chi connectivity index (χ4v) is 1.38. The number of rotatable bonds is 3. The topological polar surface area (TPSA) is 92.5 Å². The molecule has 1 aromatic carbocycles. The molecule has 6 nitrogen and oxygen atoms in total. The Hall–Kier alpha value is -2.18. The van der Waals surface area contributed by atoms with E-state index in [1.54, 1.807) is 20.8 Å². The van der Waals surface area contributed by atoms with Crippen molar-refractivity contribution in [2.45, 2.75) is 26.3 Å². The summed E-state index contributed by atoms with van der Waals surface area (Å²) in [5, 5.41) is 22.4. The predicted molar refractivity (Wildman–Crippen MR) is 63.4 cm³/mol. The zero-order valence-electron chi connectivity index (χ0n) is 10.2. The summed E-state index contributed by atoms with van der Waals surface area (Å²) in [6, 6.07) is 1.54. The lowest BCUT2D eigenvalue weighted by molar-refractivity contribution is -0.384. The standard InChI is InChI=1S/C11H13FN2O4/c1-11(2,3)13-8-4-6(10(15)16)7(12)5-9(8)14(17)18/h4-5,13H,1-3H3,(H,15,16). The molecule has 98 valence electrons. The number of nitrogens with one attached hydrogen (secondary N) is 1. The van der Waals surface area contributed by atoms with E-state index in [9.17, 15) is 19.3 Å². The van der Waals surface area contributed by atoms with E-state index in [4.69, 9.17) is 5.11 Å². The number of anilines is 1. The van der Waals surface area contributed by atoms with Gasteiger partial charge >= 0.3 is 5.97 Å². The Morgan fingerprint density at radius 1 is 1.44 bits per heavy atom. The van der Waals surface area contributed by atoms with Crippen LogP contribution in [0.5, 0.6) is 0 Å². The van der Waals surface area contributed by atoms with Gasteiger partial charge in [0.25, 0.3) is 5.69 Å². The summed E-state index contributed by atoms with van der Waals surface area (Å²) >= 11 is 0. The van der Waals surface area contributed by atoms with Gasteiger partial charge in [0, 0.05) is 5.54 Å². The number of halogens is 1. The number of nitrogens with zero attached hydrogens (tertiary/aromatic N) is 1. The van der Waals surface area contributed by atoms with E-state index < -0.39 is 33.5 Å². The van der Waals surface area contributed by atoms with Gasteiger partial charge < -0.3 is 10.4 Å². The largest absolute Gasteiger partial charge is 0.478 e. The zero-order chi connectivity index (χ0) is 14.1. The summed E-state index contributed by atoms with van der Waals surface area (Å²) in [5.41, 5.74) is -1.63. The lowest BCUT2D eigenvalue weighted by Gasteiger charge is -2.22. The van der Waals surface area contributed by atoms with Crippen LogP contribution in [0.4, 0.5) is 15.8 Å². The number of nitro benzene ring substituents is 1. The maximum atomic E-state index is 13.4. The van der Waals surface area contributed by atoms with E-state index in [0.717, 1.165) is 6.07 Å². The van der Waals surface area contributed by atoms with Gasteiger partial charge in [0.2, 0.25) is 0 Å². The van der Waals surface area contributed by atoms with Gasteiger partial charge in [0.1, 0.15) is 11.5 Å². The molecule has 0 atom stereocenters. The third-order valence-corrected chi connectivity index (χ3v) is 2.02. The first-order valence-corrected chi connectivity index (χ1v) is 5.11. The summed E-state index contributed by atoms with van der Waals surface area (Å²) in [6.45, 7) is 5.25. The normalized spacial score (nSPS) is 11.1. The van der Waals surface area contributed by atoms with Crippen LogP contribution in [-0.2, 0) is 0 Å². The van der Waals surface area contributed by atoms with Crippen molar-refractivity contribution in [2.24, 2.45) is 0 Å². The quantitative estimate of drug-likeness (QED) is 0.640. The summed E-state index contributed by atoms with van der Waals surface area (Å²) < 4.78 is 13.4. The number of carboxylic acids is 1. The van der Waals surface area contributed by atoms with E-state index >= 15 is 0 Å². The third-order valence-electron chi connectivity index (χ3n) is 2.02. The Labute approximate surface area is 103 Å². The summed E-state index contributed by atoms with van der Waals surface area (Å²) in [7, 11) is 0. The maximum Gasteiger partial charge on any atom is 0.338 e. The second-order valence-electron chi connectivity index (χ2n) is 4.79. The van der Waals surface area contributed by atoms with Crippen molar-refractivity contribution in [3.05, 3.63) is 33.6 Å². The van der Waals surface area contributed by atoms with E-state index in [1.807, 2.05) is 0 Å². The van der Waals surface area contributed by atoms with Crippen molar-refractivity contribution in [2.75, 3.05) is 5.32 Å².